The van der Waals surface area contributed by atoms with Crippen LogP contribution in [-0.4, -0.2) is 10.5 Å². The highest BCUT2D eigenvalue weighted by Crippen LogP contribution is 2.32. The van der Waals surface area contributed by atoms with E-state index in [0.29, 0.717) is 0 Å². The van der Waals surface area contributed by atoms with Crippen LogP contribution in [0.1, 0.15) is 31.7 Å². The Morgan fingerprint density at radius 3 is 2.60 bits per heavy atom. The number of nitrogens with two attached hydrogens (primary N) is 1. The summed E-state index contributed by atoms with van der Waals surface area (Å²) in [5, 5.41) is 0. The Labute approximate surface area is 105 Å². The largest absolute Gasteiger partial charge is 0.271 e. The van der Waals surface area contributed by atoms with Gasteiger partial charge in [-0.05, 0) is 12.1 Å². The first-order valence-electron chi connectivity index (χ1n) is 4.77. The SMILES string of the molecule is CC(C)(C)SCC(NN)c1ccc(Cl)s1. The molecule has 0 amide bonds. The average molecular weight is 265 g/mol. The molecule has 15 heavy (non-hydrogen) atoms. The second kappa shape index (κ2) is 5.55. The molecule has 86 valence electrons. The second-order valence-corrected chi connectivity index (χ2v) is 7.88. The third kappa shape index (κ3) is 4.74. The van der Waals surface area contributed by atoms with Crippen molar-refractivity contribution >= 4 is 34.7 Å². The number of thiophene rings is 1. The molecule has 1 aromatic rings. The third-order valence-electron chi connectivity index (χ3n) is 1.82. The monoisotopic (exact) mass is 264 g/mol. The number of halogens is 1. The van der Waals surface area contributed by atoms with Crippen LogP contribution < -0.4 is 11.3 Å². The highest BCUT2D eigenvalue weighted by molar-refractivity contribution is 8.00. The molecule has 0 saturated carbocycles. The fourth-order valence-electron chi connectivity index (χ4n) is 1.06. The van der Waals surface area contributed by atoms with Crippen LogP contribution in [0.3, 0.4) is 0 Å². The number of nitrogens with one attached hydrogen (secondary N) is 1. The molecule has 0 saturated heterocycles. The van der Waals surface area contributed by atoms with Crippen molar-refractivity contribution in [3.63, 3.8) is 0 Å². The lowest BCUT2D eigenvalue weighted by molar-refractivity contribution is 0.617. The molecule has 0 fully saturated rings. The van der Waals surface area contributed by atoms with E-state index in [1.54, 1.807) is 11.3 Å². The van der Waals surface area contributed by atoms with Crippen molar-refractivity contribution < 1.29 is 0 Å². The number of thioether (sulfide) groups is 1. The van der Waals surface area contributed by atoms with E-state index < -0.39 is 0 Å². The first-order chi connectivity index (χ1) is 6.92. The molecule has 5 heteroatoms. The molecule has 1 aromatic heterocycles. The maximum absolute atomic E-state index is 5.89. The number of hydrazine groups is 1. The van der Waals surface area contributed by atoms with Crippen molar-refractivity contribution in [1.29, 1.82) is 0 Å². The van der Waals surface area contributed by atoms with E-state index in [-0.39, 0.29) is 10.8 Å². The Morgan fingerprint density at radius 1 is 1.53 bits per heavy atom. The molecule has 0 aliphatic heterocycles. The molecule has 3 N–H and O–H groups in total. The molecule has 0 radical (unpaired) electrons. The van der Waals surface area contributed by atoms with Crippen molar-refractivity contribution in [3.05, 3.63) is 21.3 Å². The fraction of sp³-hybridized carbons (Fsp3) is 0.600. The van der Waals surface area contributed by atoms with Crippen LogP contribution in [0.4, 0.5) is 0 Å². The van der Waals surface area contributed by atoms with E-state index in [0.717, 1.165) is 10.1 Å². The van der Waals surface area contributed by atoms with E-state index in [2.05, 4.69) is 26.2 Å². The molecule has 2 nitrogen and oxygen atoms in total. The van der Waals surface area contributed by atoms with Crippen molar-refractivity contribution in [2.75, 3.05) is 5.75 Å². The van der Waals surface area contributed by atoms with Gasteiger partial charge in [-0.25, -0.2) is 0 Å². The van der Waals surface area contributed by atoms with E-state index >= 15 is 0 Å². The smallest absolute Gasteiger partial charge is 0.0931 e. The Hall–Kier alpha value is 0.260. The van der Waals surface area contributed by atoms with Gasteiger partial charge in [-0.15, -0.1) is 11.3 Å². The van der Waals surface area contributed by atoms with Crippen LogP contribution in [-0.2, 0) is 0 Å². The van der Waals surface area contributed by atoms with Crippen LogP contribution in [0, 0.1) is 0 Å². The highest BCUT2D eigenvalue weighted by atomic mass is 35.5. The maximum Gasteiger partial charge on any atom is 0.0931 e. The number of rotatable bonds is 4. The van der Waals surface area contributed by atoms with Crippen molar-refractivity contribution in [2.45, 2.75) is 31.6 Å². The summed E-state index contributed by atoms with van der Waals surface area (Å²) in [5.41, 5.74) is 2.84. The van der Waals surface area contributed by atoms with Crippen LogP contribution in [0.5, 0.6) is 0 Å². The summed E-state index contributed by atoms with van der Waals surface area (Å²) in [4.78, 5) is 1.19. The minimum absolute atomic E-state index is 0.187. The summed E-state index contributed by atoms with van der Waals surface area (Å²) in [6.07, 6.45) is 0. The van der Waals surface area contributed by atoms with E-state index in [1.165, 1.54) is 4.88 Å². The van der Waals surface area contributed by atoms with Gasteiger partial charge in [0.05, 0.1) is 10.4 Å². The van der Waals surface area contributed by atoms with Gasteiger partial charge < -0.3 is 0 Å². The summed E-state index contributed by atoms with van der Waals surface area (Å²) in [6.45, 7) is 6.60. The minimum Gasteiger partial charge on any atom is -0.271 e. The normalized spacial score (nSPS) is 14.2. The number of hydrogen-bond acceptors (Lipinski definition) is 4. The summed E-state index contributed by atoms with van der Waals surface area (Å²) >= 11 is 9.37. The van der Waals surface area contributed by atoms with E-state index in [4.69, 9.17) is 17.4 Å². The van der Waals surface area contributed by atoms with Crippen LogP contribution in [0.2, 0.25) is 4.34 Å². The first kappa shape index (κ1) is 13.3. The Morgan fingerprint density at radius 2 is 2.20 bits per heavy atom. The lowest BCUT2D eigenvalue weighted by atomic mass is 10.3. The quantitative estimate of drug-likeness (QED) is 0.646. The van der Waals surface area contributed by atoms with Crippen LogP contribution >= 0.6 is 34.7 Å². The Balaban J connectivity index is 2.57. The predicted octanol–water partition coefficient (Wildman–Crippen LogP) is 3.44. The molecule has 0 aliphatic carbocycles. The fourth-order valence-corrected chi connectivity index (χ4v) is 3.23. The third-order valence-corrected chi connectivity index (χ3v) is 4.53. The summed E-state index contributed by atoms with van der Waals surface area (Å²) in [7, 11) is 0. The molecule has 0 bridgehead atoms. The summed E-state index contributed by atoms with van der Waals surface area (Å²) in [5.74, 6) is 6.50. The van der Waals surface area contributed by atoms with Gasteiger partial charge in [0.1, 0.15) is 0 Å². The Kier molecular flexibility index (Phi) is 4.93. The zero-order valence-corrected chi connectivity index (χ0v) is 11.6. The van der Waals surface area contributed by atoms with Gasteiger partial charge in [0.15, 0.2) is 0 Å². The number of hydrogen-bond donors (Lipinski definition) is 2. The molecule has 0 spiro atoms. The highest BCUT2D eigenvalue weighted by Gasteiger charge is 2.17. The molecule has 1 rings (SSSR count). The average Bonchev–Trinajstić information content (AvgIpc) is 2.51. The van der Waals surface area contributed by atoms with Crippen LogP contribution in [0.25, 0.3) is 0 Å². The predicted molar refractivity (Wildman–Crippen MR) is 71.6 cm³/mol. The zero-order valence-electron chi connectivity index (χ0n) is 9.21. The lowest BCUT2D eigenvalue weighted by Crippen LogP contribution is -2.30. The maximum atomic E-state index is 5.89. The zero-order chi connectivity index (χ0) is 11.5. The summed E-state index contributed by atoms with van der Waals surface area (Å²) in [6, 6.07) is 4.13. The molecular formula is C10H17ClN2S2. The van der Waals surface area contributed by atoms with Gasteiger partial charge in [0.2, 0.25) is 0 Å². The van der Waals surface area contributed by atoms with Gasteiger partial charge in [-0.1, -0.05) is 32.4 Å². The topological polar surface area (TPSA) is 38.0 Å². The first-order valence-corrected chi connectivity index (χ1v) is 6.96. The molecule has 1 atom stereocenters. The van der Waals surface area contributed by atoms with E-state index in [1.807, 2.05) is 23.9 Å². The van der Waals surface area contributed by atoms with Gasteiger partial charge in [-0.2, -0.15) is 11.8 Å². The van der Waals surface area contributed by atoms with Gasteiger partial charge in [0, 0.05) is 15.4 Å². The van der Waals surface area contributed by atoms with Crippen LogP contribution in [0.15, 0.2) is 12.1 Å². The van der Waals surface area contributed by atoms with Gasteiger partial charge in [-0.3, -0.25) is 11.3 Å². The van der Waals surface area contributed by atoms with Crippen molar-refractivity contribution in [2.24, 2.45) is 5.84 Å². The second-order valence-electron chi connectivity index (χ2n) is 4.28. The molecular weight excluding hydrogens is 248 g/mol. The van der Waals surface area contributed by atoms with Gasteiger partial charge in [0.25, 0.3) is 0 Å². The van der Waals surface area contributed by atoms with E-state index in [9.17, 15) is 0 Å². The van der Waals surface area contributed by atoms with Crippen molar-refractivity contribution in [3.8, 4) is 0 Å². The molecule has 0 aromatic carbocycles. The Bertz CT molecular complexity index is 307. The molecule has 0 aliphatic rings. The summed E-state index contributed by atoms with van der Waals surface area (Å²) < 4.78 is 1.07. The standard InChI is InChI=1S/C10H17ClN2S2/c1-10(2,3)14-6-7(13-12)8-4-5-9(11)15-8/h4-5,7,13H,6,12H2,1-3H3. The lowest BCUT2D eigenvalue weighted by Gasteiger charge is -2.21. The minimum atomic E-state index is 0.187. The van der Waals surface area contributed by atoms with Crippen molar-refractivity contribution in [1.82, 2.24) is 5.43 Å². The molecule has 1 unspecified atom stereocenters. The molecule has 1 heterocycles. The van der Waals surface area contributed by atoms with Gasteiger partial charge >= 0.3 is 0 Å².